The van der Waals surface area contributed by atoms with Gasteiger partial charge in [-0.2, -0.15) is 0 Å². The zero-order valence-electron chi connectivity index (χ0n) is 11.0. The van der Waals surface area contributed by atoms with Crippen LogP contribution in [0.3, 0.4) is 0 Å². The maximum Gasteiger partial charge on any atom is 0.228 e. The van der Waals surface area contributed by atoms with Crippen molar-refractivity contribution < 1.29 is 4.79 Å². The summed E-state index contributed by atoms with van der Waals surface area (Å²) in [6.07, 6.45) is 1.64. The van der Waals surface area contributed by atoms with Gasteiger partial charge >= 0.3 is 0 Å². The van der Waals surface area contributed by atoms with Crippen molar-refractivity contribution in [1.82, 2.24) is 14.8 Å². The molecule has 1 atom stereocenters. The van der Waals surface area contributed by atoms with Crippen molar-refractivity contribution in [2.45, 2.75) is 6.92 Å². The lowest BCUT2D eigenvalue weighted by Crippen LogP contribution is -2.26. The third kappa shape index (κ3) is 2.97. The van der Waals surface area contributed by atoms with Gasteiger partial charge in [-0.1, -0.05) is 19.1 Å². The summed E-state index contributed by atoms with van der Waals surface area (Å²) in [5, 5.41) is 10.7. The molecule has 0 radical (unpaired) electrons. The summed E-state index contributed by atoms with van der Waals surface area (Å²) in [5.74, 6) is 0.457. The number of aromatic nitrogens is 3. The molecule has 0 spiro atoms. The van der Waals surface area contributed by atoms with Gasteiger partial charge < -0.3 is 15.6 Å². The first kappa shape index (κ1) is 13.2. The molecule has 6 nitrogen and oxygen atoms in total. The summed E-state index contributed by atoms with van der Waals surface area (Å²) in [7, 11) is 1.87. The minimum atomic E-state index is -0.210. The Hall–Kier alpha value is -2.21. The van der Waals surface area contributed by atoms with Gasteiger partial charge in [0, 0.05) is 30.8 Å². The van der Waals surface area contributed by atoms with Crippen LogP contribution in [0.5, 0.6) is 0 Å². The van der Waals surface area contributed by atoms with Crippen LogP contribution >= 0.6 is 0 Å². The average Bonchev–Trinajstić information content (AvgIpc) is 2.84. The normalized spacial score (nSPS) is 12.2. The fourth-order valence-electron chi connectivity index (χ4n) is 1.65. The predicted octanol–water partition coefficient (Wildman–Crippen LogP) is 1.02. The molecular weight excluding hydrogens is 242 g/mol. The molecule has 0 aliphatic carbocycles. The maximum absolute atomic E-state index is 11.8. The van der Waals surface area contributed by atoms with Crippen LogP contribution in [0, 0.1) is 5.92 Å². The Bertz CT molecular complexity index is 578. The van der Waals surface area contributed by atoms with Crippen LogP contribution in [0.2, 0.25) is 0 Å². The Labute approximate surface area is 111 Å². The third-order valence-electron chi connectivity index (χ3n) is 2.90. The van der Waals surface area contributed by atoms with Gasteiger partial charge in [0.2, 0.25) is 5.91 Å². The van der Waals surface area contributed by atoms with Gasteiger partial charge in [0.15, 0.2) is 5.82 Å². The number of carbonyl (C=O) groups is 1. The number of amides is 1. The van der Waals surface area contributed by atoms with Crippen LogP contribution in [-0.2, 0) is 11.8 Å². The average molecular weight is 259 g/mol. The first-order chi connectivity index (χ1) is 9.11. The molecule has 0 saturated carbocycles. The molecule has 1 aromatic carbocycles. The zero-order valence-corrected chi connectivity index (χ0v) is 11.0. The lowest BCUT2D eigenvalue weighted by Gasteiger charge is -2.10. The highest BCUT2D eigenvalue weighted by Gasteiger charge is 2.11. The monoisotopic (exact) mass is 259 g/mol. The van der Waals surface area contributed by atoms with Crippen molar-refractivity contribution in [1.29, 1.82) is 0 Å². The van der Waals surface area contributed by atoms with E-state index >= 15 is 0 Å². The summed E-state index contributed by atoms with van der Waals surface area (Å²) >= 11 is 0. The molecule has 1 aromatic heterocycles. The molecule has 1 amide bonds. The molecule has 1 heterocycles. The maximum atomic E-state index is 11.8. The first-order valence-electron chi connectivity index (χ1n) is 6.07. The Morgan fingerprint density at radius 1 is 1.53 bits per heavy atom. The largest absolute Gasteiger partial charge is 0.330 e. The Kier molecular flexibility index (Phi) is 3.91. The number of nitrogens with two attached hydrogens (primary N) is 1. The van der Waals surface area contributed by atoms with E-state index in [9.17, 15) is 4.79 Å². The van der Waals surface area contributed by atoms with Crippen LogP contribution in [-0.4, -0.2) is 27.2 Å². The SMILES string of the molecule is CC(CN)C(=O)Nc1cccc(-c2nncn2C)c1. The molecule has 100 valence electrons. The van der Waals surface area contributed by atoms with E-state index in [1.165, 1.54) is 0 Å². The molecule has 2 rings (SSSR count). The van der Waals surface area contributed by atoms with Crippen molar-refractivity contribution in [3.63, 3.8) is 0 Å². The van der Waals surface area contributed by atoms with Gasteiger partial charge in [0.1, 0.15) is 6.33 Å². The molecule has 0 aliphatic heterocycles. The first-order valence-corrected chi connectivity index (χ1v) is 6.07. The number of hydrogen-bond acceptors (Lipinski definition) is 4. The second kappa shape index (κ2) is 5.62. The highest BCUT2D eigenvalue weighted by atomic mass is 16.1. The van der Waals surface area contributed by atoms with Gasteiger partial charge in [-0.25, -0.2) is 0 Å². The minimum absolute atomic E-state index is 0.0855. The standard InChI is InChI=1S/C13H17N5O/c1-9(7-14)13(19)16-11-5-3-4-10(6-11)12-17-15-8-18(12)2/h3-6,8-9H,7,14H2,1-2H3,(H,16,19). The Balaban J connectivity index is 2.21. The Morgan fingerprint density at radius 2 is 2.32 bits per heavy atom. The fourth-order valence-corrected chi connectivity index (χ4v) is 1.65. The molecule has 0 aliphatic rings. The van der Waals surface area contributed by atoms with Crippen LogP contribution in [0.4, 0.5) is 5.69 Å². The van der Waals surface area contributed by atoms with Gasteiger partial charge in [0.25, 0.3) is 0 Å². The van der Waals surface area contributed by atoms with Crippen LogP contribution in [0.25, 0.3) is 11.4 Å². The zero-order chi connectivity index (χ0) is 13.8. The van der Waals surface area contributed by atoms with E-state index in [0.717, 1.165) is 17.1 Å². The molecule has 6 heteroatoms. The number of benzene rings is 1. The van der Waals surface area contributed by atoms with E-state index in [0.29, 0.717) is 6.54 Å². The minimum Gasteiger partial charge on any atom is -0.330 e. The number of nitrogens with zero attached hydrogens (tertiary/aromatic N) is 3. The topological polar surface area (TPSA) is 85.8 Å². The number of rotatable bonds is 4. The fraction of sp³-hybridized carbons (Fsp3) is 0.308. The van der Waals surface area contributed by atoms with Gasteiger partial charge in [0.05, 0.1) is 0 Å². The summed E-state index contributed by atoms with van der Waals surface area (Å²) < 4.78 is 1.82. The van der Waals surface area contributed by atoms with E-state index in [4.69, 9.17) is 5.73 Å². The second-order valence-corrected chi connectivity index (χ2v) is 4.47. The smallest absolute Gasteiger partial charge is 0.228 e. The molecule has 2 aromatic rings. The van der Waals surface area contributed by atoms with Crippen molar-refractivity contribution in [3.8, 4) is 11.4 Å². The summed E-state index contributed by atoms with van der Waals surface area (Å²) in [6.45, 7) is 2.12. The van der Waals surface area contributed by atoms with Crippen molar-refractivity contribution in [3.05, 3.63) is 30.6 Å². The molecule has 0 saturated heterocycles. The summed E-state index contributed by atoms with van der Waals surface area (Å²) in [6, 6.07) is 7.49. The van der Waals surface area contributed by atoms with Gasteiger partial charge in [-0.3, -0.25) is 4.79 Å². The van der Waals surface area contributed by atoms with E-state index in [-0.39, 0.29) is 11.8 Å². The van der Waals surface area contributed by atoms with E-state index < -0.39 is 0 Å². The molecule has 3 N–H and O–H groups in total. The van der Waals surface area contributed by atoms with Crippen LogP contribution < -0.4 is 11.1 Å². The number of hydrogen-bond donors (Lipinski definition) is 2. The predicted molar refractivity (Wildman–Crippen MR) is 73.3 cm³/mol. The highest BCUT2D eigenvalue weighted by Crippen LogP contribution is 2.20. The van der Waals surface area contributed by atoms with Crippen molar-refractivity contribution in [2.24, 2.45) is 18.7 Å². The number of aryl methyl sites for hydroxylation is 1. The lowest BCUT2D eigenvalue weighted by molar-refractivity contribution is -0.119. The number of carbonyl (C=O) groups excluding carboxylic acids is 1. The molecule has 1 unspecified atom stereocenters. The molecular formula is C13H17N5O. The highest BCUT2D eigenvalue weighted by molar-refractivity contribution is 5.93. The molecule has 0 bridgehead atoms. The van der Waals surface area contributed by atoms with E-state index in [1.807, 2.05) is 35.9 Å². The van der Waals surface area contributed by atoms with Crippen LogP contribution in [0.1, 0.15) is 6.92 Å². The van der Waals surface area contributed by atoms with Gasteiger partial charge in [-0.05, 0) is 12.1 Å². The van der Waals surface area contributed by atoms with Crippen molar-refractivity contribution in [2.75, 3.05) is 11.9 Å². The summed E-state index contributed by atoms with van der Waals surface area (Å²) in [5.41, 5.74) is 7.10. The van der Waals surface area contributed by atoms with Gasteiger partial charge in [-0.15, -0.1) is 10.2 Å². The quantitative estimate of drug-likeness (QED) is 0.858. The molecule has 19 heavy (non-hydrogen) atoms. The Morgan fingerprint density at radius 3 is 2.95 bits per heavy atom. The van der Waals surface area contributed by atoms with Crippen molar-refractivity contribution >= 4 is 11.6 Å². The number of anilines is 1. The second-order valence-electron chi connectivity index (χ2n) is 4.47. The molecule has 0 fully saturated rings. The summed E-state index contributed by atoms with van der Waals surface area (Å²) in [4.78, 5) is 11.8. The van der Waals surface area contributed by atoms with E-state index in [1.54, 1.807) is 13.3 Å². The third-order valence-corrected chi connectivity index (χ3v) is 2.90. The van der Waals surface area contributed by atoms with E-state index in [2.05, 4.69) is 15.5 Å². The lowest BCUT2D eigenvalue weighted by atomic mass is 10.1. The number of nitrogens with one attached hydrogen (secondary N) is 1. The van der Waals surface area contributed by atoms with Crippen LogP contribution in [0.15, 0.2) is 30.6 Å².